The second-order valence-corrected chi connectivity index (χ2v) is 10.5. The molecule has 0 atom stereocenters. The standard InChI is InChI=1S/C24H34N4O3S/c1-18(2)21-11-8-12-22(19(3)4)23(21)25-24(29)26-32(30,31)28-15-13-27(14-16-28)17-20-9-6-5-7-10-20/h5-12,18-19H,13-17H2,1-4H3,(H2,25,26,29). The fraction of sp³-hybridized carbons (Fsp3) is 0.458. The molecule has 2 aromatic rings. The Morgan fingerprint density at radius 3 is 1.97 bits per heavy atom. The molecule has 2 aromatic carbocycles. The SMILES string of the molecule is CC(C)c1cccc(C(C)C)c1NC(=O)NS(=O)(=O)N1CCN(Cc2ccccc2)CC1. The van der Waals surface area contributed by atoms with Crippen molar-refractivity contribution in [1.82, 2.24) is 13.9 Å². The topological polar surface area (TPSA) is 81.8 Å². The van der Waals surface area contributed by atoms with Crippen molar-refractivity contribution in [3.05, 3.63) is 65.2 Å². The number of benzene rings is 2. The lowest BCUT2D eigenvalue weighted by Gasteiger charge is -2.33. The zero-order chi connectivity index (χ0) is 23.3. The first-order chi connectivity index (χ1) is 15.2. The van der Waals surface area contributed by atoms with E-state index in [4.69, 9.17) is 0 Å². The first kappa shape index (κ1) is 24.2. The number of anilines is 1. The van der Waals surface area contributed by atoms with E-state index in [1.54, 1.807) is 0 Å². The van der Waals surface area contributed by atoms with Crippen molar-refractivity contribution in [3.8, 4) is 0 Å². The number of para-hydroxylation sites is 1. The lowest BCUT2D eigenvalue weighted by Crippen LogP contribution is -2.53. The number of hydrogen-bond acceptors (Lipinski definition) is 4. The van der Waals surface area contributed by atoms with Crippen molar-refractivity contribution in [2.75, 3.05) is 31.5 Å². The minimum atomic E-state index is -3.92. The highest BCUT2D eigenvalue weighted by Crippen LogP contribution is 2.32. The Morgan fingerprint density at radius 1 is 0.875 bits per heavy atom. The van der Waals surface area contributed by atoms with Crippen LogP contribution >= 0.6 is 0 Å². The van der Waals surface area contributed by atoms with E-state index in [0.29, 0.717) is 31.9 Å². The molecule has 3 rings (SSSR count). The third-order valence-corrected chi connectivity index (χ3v) is 7.24. The van der Waals surface area contributed by atoms with Gasteiger partial charge in [0, 0.05) is 38.4 Å². The van der Waals surface area contributed by atoms with E-state index < -0.39 is 16.2 Å². The molecule has 1 aliphatic rings. The largest absolute Gasteiger partial charge is 0.333 e. The molecule has 0 spiro atoms. The van der Waals surface area contributed by atoms with Crippen LogP contribution in [-0.2, 0) is 16.8 Å². The van der Waals surface area contributed by atoms with Crippen LogP contribution in [0.4, 0.5) is 10.5 Å². The van der Waals surface area contributed by atoms with Gasteiger partial charge in [-0.15, -0.1) is 0 Å². The van der Waals surface area contributed by atoms with Crippen LogP contribution in [0.1, 0.15) is 56.2 Å². The van der Waals surface area contributed by atoms with Crippen LogP contribution in [0.2, 0.25) is 0 Å². The minimum absolute atomic E-state index is 0.193. The Morgan fingerprint density at radius 2 is 1.44 bits per heavy atom. The van der Waals surface area contributed by atoms with Gasteiger partial charge in [-0.1, -0.05) is 76.2 Å². The first-order valence-electron chi connectivity index (χ1n) is 11.2. The fourth-order valence-corrected chi connectivity index (χ4v) is 5.04. The maximum absolute atomic E-state index is 12.8. The molecule has 0 unspecified atom stereocenters. The lowest BCUT2D eigenvalue weighted by molar-refractivity contribution is 0.180. The average Bonchev–Trinajstić information content (AvgIpc) is 2.74. The van der Waals surface area contributed by atoms with Crippen LogP contribution in [0.15, 0.2) is 48.5 Å². The number of nitrogens with zero attached hydrogens (tertiary/aromatic N) is 2. The molecule has 1 fully saturated rings. The summed E-state index contributed by atoms with van der Waals surface area (Å²) in [6.45, 7) is 10.9. The van der Waals surface area contributed by atoms with Crippen molar-refractivity contribution in [3.63, 3.8) is 0 Å². The minimum Gasteiger partial charge on any atom is -0.307 e. The summed E-state index contributed by atoms with van der Waals surface area (Å²) in [6.07, 6.45) is 0. The van der Waals surface area contributed by atoms with Gasteiger partial charge in [0.2, 0.25) is 0 Å². The molecular formula is C24H34N4O3S. The Hall–Kier alpha value is -2.42. The molecule has 0 aromatic heterocycles. The van der Waals surface area contributed by atoms with Gasteiger partial charge < -0.3 is 5.32 Å². The molecule has 0 bridgehead atoms. The predicted octanol–water partition coefficient (Wildman–Crippen LogP) is 4.12. The van der Waals surface area contributed by atoms with Gasteiger partial charge in [0.15, 0.2) is 0 Å². The summed E-state index contributed by atoms with van der Waals surface area (Å²) in [7, 11) is -3.92. The Bertz CT molecular complexity index is 989. The highest BCUT2D eigenvalue weighted by Gasteiger charge is 2.29. The van der Waals surface area contributed by atoms with Gasteiger partial charge in [0.1, 0.15) is 0 Å². The highest BCUT2D eigenvalue weighted by atomic mass is 32.2. The van der Waals surface area contributed by atoms with E-state index in [1.807, 2.05) is 64.1 Å². The quantitative estimate of drug-likeness (QED) is 0.654. The molecule has 0 saturated carbocycles. The molecule has 1 aliphatic heterocycles. The van der Waals surface area contributed by atoms with Crippen LogP contribution in [0, 0.1) is 0 Å². The van der Waals surface area contributed by atoms with Crippen LogP contribution in [0.25, 0.3) is 0 Å². The number of urea groups is 1. The average molecular weight is 459 g/mol. The van der Waals surface area contributed by atoms with Crippen LogP contribution in [-0.4, -0.2) is 49.8 Å². The smallest absolute Gasteiger partial charge is 0.307 e. The molecule has 174 valence electrons. The van der Waals surface area contributed by atoms with Gasteiger partial charge in [-0.3, -0.25) is 4.90 Å². The van der Waals surface area contributed by atoms with Crippen LogP contribution < -0.4 is 10.0 Å². The van der Waals surface area contributed by atoms with E-state index in [1.165, 1.54) is 9.87 Å². The van der Waals surface area contributed by atoms with Gasteiger partial charge in [0.05, 0.1) is 0 Å². The molecule has 1 heterocycles. The highest BCUT2D eigenvalue weighted by molar-refractivity contribution is 7.87. The normalized spacial score (nSPS) is 15.8. The summed E-state index contributed by atoms with van der Waals surface area (Å²) >= 11 is 0. The van der Waals surface area contributed by atoms with Crippen molar-refractivity contribution < 1.29 is 13.2 Å². The summed E-state index contributed by atoms with van der Waals surface area (Å²) in [5.74, 6) is 0.386. The molecular weight excluding hydrogens is 424 g/mol. The lowest BCUT2D eigenvalue weighted by atomic mass is 9.93. The Labute approximate surface area is 192 Å². The predicted molar refractivity (Wildman–Crippen MR) is 129 cm³/mol. The van der Waals surface area contributed by atoms with Crippen molar-refractivity contribution in [1.29, 1.82) is 0 Å². The second-order valence-electron chi connectivity index (χ2n) is 8.84. The van der Waals surface area contributed by atoms with Crippen molar-refractivity contribution in [2.24, 2.45) is 0 Å². The number of carbonyl (C=O) groups excluding carboxylic acids is 1. The maximum atomic E-state index is 12.8. The van der Waals surface area contributed by atoms with Gasteiger partial charge in [0.25, 0.3) is 0 Å². The first-order valence-corrected chi connectivity index (χ1v) is 12.6. The van der Waals surface area contributed by atoms with Crippen molar-refractivity contribution >= 4 is 21.9 Å². The monoisotopic (exact) mass is 458 g/mol. The van der Waals surface area contributed by atoms with Gasteiger partial charge in [-0.2, -0.15) is 12.7 Å². The van der Waals surface area contributed by atoms with E-state index in [-0.39, 0.29) is 11.8 Å². The Balaban J connectivity index is 1.62. The number of hydrogen-bond donors (Lipinski definition) is 2. The molecule has 2 amide bonds. The summed E-state index contributed by atoms with van der Waals surface area (Å²) in [5.41, 5.74) is 3.86. The van der Waals surface area contributed by atoms with Gasteiger partial charge >= 0.3 is 16.2 Å². The second kappa shape index (κ2) is 10.5. The molecule has 2 N–H and O–H groups in total. The molecule has 0 radical (unpaired) electrons. The summed E-state index contributed by atoms with van der Waals surface area (Å²) in [4.78, 5) is 14.9. The van der Waals surface area contributed by atoms with Crippen LogP contribution in [0.5, 0.6) is 0 Å². The maximum Gasteiger partial charge on any atom is 0.333 e. The number of carbonyl (C=O) groups is 1. The molecule has 1 saturated heterocycles. The van der Waals surface area contributed by atoms with E-state index in [2.05, 4.69) is 27.1 Å². The van der Waals surface area contributed by atoms with Gasteiger partial charge in [-0.25, -0.2) is 9.52 Å². The van der Waals surface area contributed by atoms with Crippen molar-refractivity contribution in [2.45, 2.75) is 46.1 Å². The third kappa shape index (κ3) is 6.09. The Kier molecular flexibility index (Phi) is 7.92. The summed E-state index contributed by atoms with van der Waals surface area (Å²) in [5, 5.41) is 2.81. The number of amides is 2. The number of piperazine rings is 1. The zero-order valence-electron chi connectivity index (χ0n) is 19.3. The summed E-state index contributed by atoms with van der Waals surface area (Å²) < 4.78 is 29.2. The third-order valence-electron chi connectivity index (χ3n) is 5.75. The van der Waals surface area contributed by atoms with Crippen LogP contribution in [0.3, 0.4) is 0 Å². The molecule has 0 aliphatic carbocycles. The molecule has 32 heavy (non-hydrogen) atoms. The molecule has 7 nitrogen and oxygen atoms in total. The van der Waals surface area contributed by atoms with Gasteiger partial charge in [-0.05, 0) is 28.5 Å². The fourth-order valence-electron chi connectivity index (χ4n) is 3.99. The number of rotatable bonds is 7. The molecule has 8 heteroatoms. The van der Waals surface area contributed by atoms with E-state index >= 15 is 0 Å². The zero-order valence-corrected chi connectivity index (χ0v) is 20.2. The number of nitrogens with one attached hydrogen (secondary N) is 2. The summed E-state index contributed by atoms with van der Waals surface area (Å²) in [6, 6.07) is 15.3. The van der Waals surface area contributed by atoms with E-state index in [0.717, 1.165) is 17.7 Å². The van der Waals surface area contributed by atoms with E-state index in [9.17, 15) is 13.2 Å².